The van der Waals surface area contributed by atoms with Crippen molar-refractivity contribution < 1.29 is 5.11 Å². The lowest BCUT2D eigenvalue weighted by Crippen LogP contribution is -2.32. The number of likely N-dealkylation sites (N-methyl/N-ethyl adjacent to an activating group) is 1. The minimum Gasteiger partial charge on any atom is -0.400 e. The number of hydrogen-bond donors (Lipinski definition) is 2. The van der Waals surface area contributed by atoms with Crippen LogP contribution in [0.1, 0.15) is 33.1 Å². The molecule has 0 saturated heterocycles. The molecular weight excluding hydrogens is 176 g/mol. The smallest absolute Gasteiger partial charge is 0.0319 e. The minimum atomic E-state index is 1.00. The Morgan fingerprint density at radius 3 is 2.07 bits per heavy atom. The van der Waals surface area contributed by atoms with Crippen LogP contribution in [0.4, 0.5) is 0 Å². The molecule has 14 heavy (non-hydrogen) atoms. The van der Waals surface area contributed by atoms with Gasteiger partial charge in [0.1, 0.15) is 0 Å². The Bertz CT molecular complexity index is 81.4. The quantitative estimate of drug-likeness (QED) is 0.626. The summed E-state index contributed by atoms with van der Waals surface area (Å²) in [6.45, 7) is 9.34. The highest BCUT2D eigenvalue weighted by molar-refractivity contribution is 4.57. The first-order chi connectivity index (χ1) is 6.85. The van der Waals surface area contributed by atoms with E-state index in [1.54, 1.807) is 0 Å². The van der Waals surface area contributed by atoms with E-state index in [1.165, 1.54) is 38.9 Å². The fourth-order valence-electron chi connectivity index (χ4n) is 1.30. The summed E-state index contributed by atoms with van der Waals surface area (Å²) in [5, 5.41) is 10.2. The summed E-state index contributed by atoms with van der Waals surface area (Å²) >= 11 is 0. The van der Waals surface area contributed by atoms with Crippen LogP contribution in [0.3, 0.4) is 0 Å². The van der Waals surface area contributed by atoms with E-state index in [-0.39, 0.29) is 0 Å². The lowest BCUT2D eigenvalue weighted by atomic mass is 10.3. The third-order valence-corrected chi connectivity index (χ3v) is 2.05. The number of nitrogens with zero attached hydrogens (tertiary/aromatic N) is 1. The van der Waals surface area contributed by atoms with E-state index >= 15 is 0 Å². The van der Waals surface area contributed by atoms with Crippen LogP contribution < -0.4 is 5.32 Å². The fraction of sp³-hybridized carbons (Fsp3) is 1.00. The molecule has 0 aromatic rings. The zero-order chi connectivity index (χ0) is 11.2. The summed E-state index contributed by atoms with van der Waals surface area (Å²) < 4.78 is 0. The molecule has 0 heterocycles. The highest BCUT2D eigenvalue weighted by Crippen LogP contribution is 1.95. The summed E-state index contributed by atoms with van der Waals surface area (Å²) in [6.07, 6.45) is 3.91. The van der Waals surface area contributed by atoms with Gasteiger partial charge in [0, 0.05) is 20.2 Å². The standard InChI is InChI=1S/C10H24N2.CH4O/c1-4-6-9-12(8-5-2)10-7-11-3;1-2/h11H,4-10H2,1-3H3;2H,1H3. The molecule has 3 heteroatoms. The van der Waals surface area contributed by atoms with Crippen LogP contribution in [0.2, 0.25) is 0 Å². The summed E-state index contributed by atoms with van der Waals surface area (Å²) in [5.41, 5.74) is 0. The molecule has 0 radical (unpaired) electrons. The number of aliphatic hydroxyl groups excluding tert-OH is 1. The van der Waals surface area contributed by atoms with Crippen molar-refractivity contribution in [1.82, 2.24) is 10.2 Å². The lowest BCUT2D eigenvalue weighted by Gasteiger charge is -2.20. The molecule has 0 aliphatic heterocycles. The maximum atomic E-state index is 7.00. The normalized spacial score (nSPS) is 9.86. The highest BCUT2D eigenvalue weighted by Gasteiger charge is 2.00. The van der Waals surface area contributed by atoms with Gasteiger partial charge in [0.25, 0.3) is 0 Å². The molecule has 3 nitrogen and oxygen atoms in total. The summed E-state index contributed by atoms with van der Waals surface area (Å²) in [6, 6.07) is 0. The van der Waals surface area contributed by atoms with Crippen LogP contribution in [0.25, 0.3) is 0 Å². The monoisotopic (exact) mass is 204 g/mol. The maximum absolute atomic E-state index is 7.00. The van der Waals surface area contributed by atoms with E-state index in [1.807, 2.05) is 7.05 Å². The predicted molar refractivity (Wildman–Crippen MR) is 63.7 cm³/mol. The van der Waals surface area contributed by atoms with Crippen molar-refractivity contribution in [2.24, 2.45) is 0 Å². The van der Waals surface area contributed by atoms with Crippen molar-refractivity contribution in [2.75, 3.05) is 40.3 Å². The van der Waals surface area contributed by atoms with E-state index in [9.17, 15) is 0 Å². The van der Waals surface area contributed by atoms with Crippen LogP contribution in [0, 0.1) is 0 Å². The van der Waals surface area contributed by atoms with Gasteiger partial charge in [-0.25, -0.2) is 0 Å². The van der Waals surface area contributed by atoms with Gasteiger partial charge in [-0.3, -0.25) is 0 Å². The van der Waals surface area contributed by atoms with Gasteiger partial charge in [0.05, 0.1) is 0 Å². The van der Waals surface area contributed by atoms with Crippen LogP contribution in [0.15, 0.2) is 0 Å². The highest BCUT2D eigenvalue weighted by atomic mass is 16.2. The summed E-state index contributed by atoms with van der Waals surface area (Å²) in [7, 11) is 3.02. The SMILES string of the molecule is CCCCN(CCC)CCNC.CO. The van der Waals surface area contributed by atoms with E-state index in [4.69, 9.17) is 5.11 Å². The molecule has 0 rings (SSSR count). The number of nitrogens with one attached hydrogen (secondary N) is 1. The number of aliphatic hydroxyl groups is 1. The van der Waals surface area contributed by atoms with Gasteiger partial charge in [-0.2, -0.15) is 0 Å². The molecule has 88 valence electrons. The Labute approximate surface area is 89.5 Å². The largest absolute Gasteiger partial charge is 0.400 e. The van der Waals surface area contributed by atoms with Crippen LogP contribution in [-0.4, -0.2) is 50.3 Å². The lowest BCUT2D eigenvalue weighted by molar-refractivity contribution is 0.271. The van der Waals surface area contributed by atoms with Crippen molar-refractivity contribution in [3.8, 4) is 0 Å². The minimum absolute atomic E-state index is 1.00. The molecule has 0 unspecified atom stereocenters. The van der Waals surface area contributed by atoms with Crippen LogP contribution in [-0.2, 0) is 0 Å². The topological polar surface area (TPSA) is 35.5 Å². The van der Waals surface area contributed by atoms with Gasteiger partial charge in [0.15, 0.2) is 0 Å². The summed E-state index contributed by atoms with van der Waals surface area (Å²) in [5.74, 6) is 0. The Balaban J connectivity index is 0. The van der Waals surface area contributed by atoms with E-state index < -0.39 is 0 Å². The molecule has 0 saturated carbocycles. The van der Waals surface area contributed by atoms with E-state index in [0.717, 1.165) is 13.7 Å². The third-order valence-electron chi connectivity index (χ3n) is 2.05. The van der Waals surface area contributed by atoms with Gasteiger partial charge in [0.2, 0.25) is 0 Å². The molecule has 0 spiro atoms. The molecule has 0 bridgehead atoms. The number of rotatable bonds is 8. The van der Waals surface area contributed by atoms with E-state index in [2.05, 4.69) is 24.1 Å². The Morgan fingerprint density at radius 1 is 1.00 bits per heavy atom. The Hall–Kier alpha value is -0.120. The molecule has 0 fully saturated rings. The zero-order valence-corrected chi connectivity index (χ0v) is 10.3. The van der Waals surface area contributed by atoms with Crippen molar-refractivity contribution in [3.63, 3.8) is 0 Å². The molecule has 0 aromatic heterocycles. The molecule has 0 aromatic carbocycles. The first kappa shape index (κ1) is 16.3. The van der Waals surface area contributed by atoms with Gasteiger partial charge in [-0.1, -0.05) is 20.3 Å². The second-order valence-corrected chi connectivity index (χ2v) is 3.30. The van der Waals surface area contributed by atoms with Crippen molar-refractivity contribution >= 4 is 0 Å². The first-order valence-electron chi connectivity index (χ1n) is 5.66. The van der Waals surface area contributed by atoms with Gasteiger partial charge >= 0.3 is 0 Å². The average Bonchev–Trinajstić information content (AvgIpc) is 2.25. The number of hydrogen-bond acceptors (Lipinski definition) is 3. The fourth-order valence-corrected chi connectivity index (χ4v) is 1.30. The Kier molecular flexibility index (Phi) is 17.9. The van der Waals surface area contributed by atoms with Crippen molar-refractivity contribution in [2.45, 2.75) is 33.1 Å². The molecule has 2 N–H and O–H groups in total. The first-order valence-corrected chi connectivity index (χ1v) is 5.66. The predicted octanol–water partition coefficient (Wildman–Crippen LogP) is 1.33. The maximum Gasteiger partial charge on any atom is 0.0319 e. The Morgan fingerprint density at radius 2 is 1.64 bits per heavy atom. The molecule has 0 aliphatic carbocycles. The van der Waals surface area contributed by atoms with Crippen LogP contribution in [0.5, 0.6) is 0 Å². The number of unbranched alkanes of at least 4 members (excludes halogenated alkanes) is 1. The van der Waals surface area contributed by atoms with Gasteiger partial charge in [-0.15, -0.1) is 0 Å². The van der Waals surface area contributed by atoms with Crippen LogP contribution >= 0.6 is 0 Å². The second-order valence-electron chi connectivity index (χ2n) is 3.30. The van der Waals surface area contributed by atoms with Crippen molar-refractivity contribution in [3.05, 3.63) is 0 Å². The average molecular weight is 204 g/mol. The third kappa shape index (κ3) is 11.9. The van der Waals surface area contributed by atoms with Gasteiger partial charge in [-0.05, 0) is 33.0 Å². The van der Waals surface area contributed by atoms with E-state index in [0.29, 0.717) is 0 Å². The molecule has 0 amide bonds. The second kappa shape index (κ2) is 15.4. The molecule has 0 atom stereocenters. The van der Waals surface area contributed by atoms with Gasteiger partial charge < -0.3 is 15.3 Å². The molecular formula is C11H28N2O. The van der Waals surface area contributed by atoms with Crippen molar-refractivity contribution in [1.29, 1.82) is 0 Å². The zero-order valence-electron chi connectivity index (χ0n) is 10.3. The summed E-state index contributed by atoms with van der Waals surface area (Å²) in [4.78, 5) is 2.54. The molecule has 0 aliphatic rings.